The molecule has 0 aliphatic heterocycles. The van der Waals surface area contributed by atoms with Gasteiger partial charge in [0, 0.05) is 124 Å². The van der Waals surface area contributed by atoms with Crippen LogP contribution in [0.1, 0.15) is 47.2 Å². The molecular formula is C63H59BrCl7CuN13O3. The molecule has 8 aromatic heterocycles. The maximum Gasteiger partial charge on any atom is 0.223 e. The fraction of sp³-hybridized carbons (Fsp3) is 0.127. The first kappa shape index (κ1) is 74.6. The molecule has 3 aromatic carbocycles. The van der Waals surface area contributed by atoms with Gasteiger partial charge >= 0.3 is 0 Å². The third-order valence-corrected chi connectivity index (χ3v) is 12.5. The Morgan fingerprint density at radius 1 is 0.591 bits per heavy atom. The van der Waals surface area contributed by atoms with Crippen LogP contribution >= 0.6 is 97.1 Å². The third kappa shape index (κ3) is 27.2. The summed E-state index contributed by atoms with van der Waals surface area (Å²) in [7, 11) is 0. The Morgan fingerprint density at radius 3 is 1.50 bits per heavy atom. The molecular weight excluding hydrogens is 1380 g/mol. The number of nitrogens with zero attached hydrogens (tertiary/aromatic N) is 10. The van der Waals surface area contributed by atoms with Gasteiger partial charge in [-0.05, 0) is 191 Å². The molecule has 11 aromatic rings. The molecule has 11 rings (SSSR count). The summed E-state index contributed by atoms with van der Waals surface area (Å²) in [6.45, 7) is 12.1. The predicted molar refractivity (Wildman–Crippen MR) is 364 cm³/mol. The maximum atomic E-state index is 9.55. The molecule has 461 valence electrons. The van der Waals surface area contributed by atoms with Crippen LogP contribution in [0.3, 0.4) is 0 Å². The number of terminal acetylenes is 1. The van der Waals surface area contributed by atoms with Gasteiger partial charge in [0.1, 0.15) is 34.7 Å². The van der Waals surface area contributed by atoms with Crippen LogP contribution in [0.25, 0.3) is 16.6 Å². The van der Waals surface area contributed by atoms with E-state index in [9.17, 15) is 5.11 Å². The standard InChI is InChI=1S/C18H18ClN3O.C13H10ClN3O.2C7H5ClN2.C6H6ClNO.C5H9Br.C4H2Cl2N2.C3H4.Cu/c1-13(2)8-11-23-17-12-14(5-6-16(17)19)21-18-20-9-7-15-4-3-10-22(15)18;14-11-4-3-9(8-12(11)18)16-13-15-6-5-10-2-1-7-17(10)13;8-7-9-4-3-6-2-1-5-10(6)7;1-2-3-6-4-5-9-7(8)10-6;7-5-2-1-4(8)3-6(5)9;1-5(2)3-4-6;5-3-1-2-7-4(6)8-3;1-3-2;/h3-10,12H,11H2,1-2H3,(H,20,21);1-8,18H,(H,15,16);1-5H;4-5H,1H3;1-3,9H,8H2;3H,4H2,1-2H3;1-2H;1H,2H3;. The second-order valence-corrected chi connectivity index (χ2v) is 20.8. The van der Waals surface area contributed by atoms with Crippen LogP contribution in [0.5, 0.6) is 17.2 Å². The fourth-order valence-electron chi connectivity index (χ4n) is 6.43. The number of phenols is 2. The number of allylic oxidation sites excluding steroid dienone is 3. The molecule has 0 atom stereocenters. The number of aromatic hydroxyl groups is 2. The number of phenolic OH excluding ortho intramolecular Hbond substituents is 2. The van der Waals surface area contributed by atoms with Gasteiger partial charge in [-0.3, -0.25) is 13.2 Å². The van der Waals surface area contributed by atoms with Gasteiger partial charge in [-0.2, -0.15) is 0 Å². The Balaban J connectivity index is 0.000000279. The normalized spacial score (nSPS) is 9.51. The Hall–Kier alpha value is -7.68. The van der Waals surface area contributed by atoms with Gasteiger partial charge in [-0.1, -0.05) is 85.5 Å². The second kappa shape index (κ2) is 40.7. The molecule has 0 bridgehead atoms. The molecule has 88 heavy (non-hydrogen) atoms. The van der Waals surface area contributed by atoms with Crippen molar-refractivity contribution in [3.8, 4) is 41.4 Å². The Labute approximate surface area is 565 Å². The van der Waals surface area contributed by atoms with E-state index >= 15 is 0 Å². The van der Waals surface area contributed by atoms with E-state index in [0.29, 0.717) is 55.2 Å². The number of hydrogen-bond acceptors (Lipinski definition) is 13. The number of aromatic nitrogens is 10. The van der Waals surface area contributed by atoms with Gasteiger partial charge in [-0.25, -0.2) is 34.9 Å². The van der Waals surface area contributed by atoms with E-state index in [1.807, 2.05) is 125 Å². The van der Waals surface area contributed by atoms with Gasteiger partial charge in [-0.15, -0.1) is 12.3 Å². The summed E-state index contributed by atoms with van der Waals surface area (Å²) in [6.07, 6.45) is 22.8. The van der Waals surface area contributed by atoms with Crippen LogP contribution in [0.2, 0.25) is 36.1 Å². The Morgan fingerprint density at radius 2 is 1.06 bits per heavy atom. The minimum Gasteiger partial charge on any atom is -0.506 e. The van der Waals surface area contributed by atoms with Gasteiger partial charge in [0.25, 0.3) is 0 Å². The number of alkyl halides is 1. The van der Waals surface area contributed by atoms with E-state index in [4.69, 9.17) is 96.8 Å². The number of halogens is 8. The monoisotopic (exact) mass is 1430 g/mol. The minimum atomic E-state index is 0. The molecule has 0 unspecified atom stereocenters. The number of ether oxygens (including phenoxy) is 1. The quantitative estimate of drug-likeness (QED) is 0.0183. The average molecular weight is 1440 g/mol. The second-order valence-electron chi connectivity index (χ2n) is 17.5. The largest absolute Gasteiger partial charge is 0.506 e. The number of hydrogen-bond donors (Lipinski definition) is 5. The van der Waals surface area contributed by atoms with E-state index in [-0.39, 0.29) is 39.1 Å². The number of nitrogen functional groups attached to an aromatic ring is 1. The van der Waals surface area contributed by atoms with Gasteiger partial charge in [0.2, 0.25) is 27.7 Å². The van der Waals surface area contributed by atoms with Crippen LogP contribution in [-0.4, -0.2) is 70.2 Å². The van der Waals surface area contributed by atoms with Gasteiger partial charge in [0.15, 0.2) is 0 Å². The van der Waals surface area contributed by atoms with Crippen molar-refractivity contribution in [1.29, 1.82) is 0 Å². The summed E-state index contributed by atoms with van der Waals surface area (Å²) in [5.41, 5.74) is 13.8. The summed E-state index contributed by atoms with van der Waals surface area (Å²) < 4.78 is 11.5. The molecule has 8 heterocycles. The zero-order valence-corrected chi connectivity index (χ0v) is 55.8. The number of nitrogens with one attached hydrogen (secondary N) is 2. The number of benzene rings is 3. The van der Waals surface area contributed by atoms with Gasteiger partial charge < -0.3 is 31.3 Å². The Kier molecular flexibility index (Phi) is 34.5. The van der Waals surface area contributed by atoms with E-state index < -0.39 is 0 Å². The van der Waals surface area contributed by atoms with Crippen molar-refractivity contribution in [3.63, 3.8) is 0 Å². The van der Waals surface area contributed by atoms with E-state index in [1.165, 1.54) is 23.4 Å². The average Bonchev–Trinajstić information content (AvgIpc) is 2.57. The topological polar surface area (TPSA) is 203 Å². The van der Waals surface area contributed by atoms with Crippen molar-refractivity contribution < 1.29 is 32.0 Å². The summed E-state index contributed by atoms with van der Waals surface area (Å²) in [6, 6.07) is 36.1. The first-order valence-electron chi connectivity index (χ1n) is 25.6. The van der Waals surface area contributed by atoms with Crippen LogP contribution in [0.4, 0.5) is 29.0 Å². The third-order valence-electron chi connectivity index (χ3n) is 10.4. The molecule has 0 aliphatic rings. The summed E-state index contributed by atoms with van der Waals surface area (Å²) >= 11 is 42.7. The van der Waals surface area contributed by atoms with E-state index in [1.54, 1.807) is 81.1 Å². The van der Waals surface area contributed by atoms with Crippen LogP contribution in [0.15, 0.2) is 194 Å². The number of anilines is 5. The van der Waals surface area contributed by atoms with Crippen LogP contribution < -0.4 is 21.1 Å². The van der Waals surface area contributed by atoms with Crippen molar-refractivity contribution in [1.82, 2.24) is 48.1 Å². The SMILES string of the molecule is C#CC.CC#Cc1ccnc(Cl)n1.CC(C)=CCBr.CC(C)=CCOc1cc(Nc2nccc3cccn23)ccc1Cl.Clc1ccnc(Cl)n1.Clc1nccc2cccn12.Nc1ccc(Cl)c(O)c1.Oc1cc(Nc2nccc3cccn23)ccc1Cl.[Cu]. The van der Waals surface area contributed by atoms with E-state index in [0.717, 1.165) is 39.2 Å². The first-order valence-corrected chi connectivity index (χ1v) is 29.4. The van der Waals surface area contributed by atoms with Crippen molar-refractivity contribution >= 4 is 143 Å². The predicted octanol–water partition coefficient (Wildman–Crippen LogP) is 18.4. The summed E-state index contributed by atoms with van der Waals surface area (Å²) in [4.78, 5) is 27.3. The van der Waals surface area contributed by atoms with Crippen molar-refractivity contribution in [3.05, 3.63) is 236 Å². The maximum absolute atomic E-state index is 9.55. The molecule has 0 saturated heterocycles. The molecule has 0 spiro atoms. The number of fused-ring (bicyclic) bond motifs is 3. The smallest absolute Gasteiger partial charge is 0.223 e. The van der Waals surface area contributed by atoms with Crippen molar-refractivity contribution in [2.45, 2.75) is 41.5 Å². The zero-order chi connectivity index (χ0) is 63.7. The molecule has 0 saturated carbocycles. The summed E-state index contributed by atoms with van der Waals surface area (Å²) in [5.74, 6) is 9.86. The molecule has 16 nitrogen and oxygen atoms in total. The molecule has 0 fully saturated rings. The first-order chi connectivity index (χ1) is 41.7. The molecule has 25 heteroatoms. The van der Waals surface area contributed by atoms with E-state index in [2.05, 4.69) is 106 Å². The van der Waals surface area contributed by atoms with Crippen molar-refractivity contribution in [2.75, 3.05) is 28.3 Å². The van der Waals surface area contributed by atoms with Crippen LogP contribution in [0, 0.1) is 24.2 Å². The van der Waals surface area contributed by atoms with Crippen molar-refractivity contribution in [2.24, 2.45) is 0 Å². The Bertz CT molecular complexity index is 4090. The summed E-state index contributed by atoms with van der Waals surface area (Å²) in [5, 5.41) is 28.4. The molecule has 1 radical (unpaired) electrons. The zero-order valence-electron chi connectivity index (χ0n) is 48.0. The van der Waals surface area contributed by atoms with Crippen LogP contribution in [-0.2, 0) is 17.1 Å². The minimum absolute atomic E-state index is 0. The molecule has 6 N–H and O–H groups in total. The molecule has 0 aliphatic carbocycles. The number of nitrogens with two attached hydrogens (primary N) is 1. The van der Waals surface area contributed by atoms with Gasteiger partial charge in [0.05, 0.1) is 15.1 Å². The molecule has 0 amide bonds. The number of rotatable bonds is 8. The fourth-order valence-corrected chi connectivity index (χ4v) is 8.17.